The molecule has 3 aromatic heterocycles. The van der Waals surface area contributed by atoms with Gasteiger partial charge in [-0.25, -0.2) is 9.50 Å². The van der Waals surface area contributed by atoms with E-state index in [1.54, 1.807) is 37.1 Å². The van der Waals surface area contributed by atoms with Crippen LogP contribution >= 0.6 is 33.9 Å². The molecule has 9 nitrogen and oxygen atoms in total. The summed E-state index contributed by atoms with van der Waals surface area (Å²) in [7, 11) is 3.17. The predicted octanol–water partition coefficient (Wildman–Crippen LogP) is 6.66. The van der Waals surface area contributed by atoms with Crippen molar-refractivity contribution in [2.45, 2.75) is 6.61 Å². The topological polar surface area (TPSA) is 100 Å². The van der Waals surface area contributed by atoms with Crippen LogP contribution in [0.4, 0.5) is 5.69 Å². The molecule has 0 aliphatic carbocycles. The number of nitrogens with one attached hydrogen (secondary N) is 1. The zero-order chi connectivity index (χ0) is 26.9. The Hall–Kier alpha value is -4.10. The van der Waals surface area contributed by atoms with E-state index in [-0.39, 0.29) is 12.5 Å². The van der Waals surface area contributed by atoms with Crippen LogP contribution in [0.5, 0.6) is 16.7 Å². The summed E-state index contributed by atoms with van der Waals surface area (Å²) in [4.78, 5) is 17.9. The highest BCUT2D eigenvalue weighted by atomic mass is 127. The molecule has 1 N–H and O–H groups in total. The zero-order valence-electron chi connectivity index (χ0n) is 20.8. The number of carbonyl (C=O) groups is 1. The van der Waals surface area contributed by atoms with Gasteiger partial charge in [0.15, 0.2) is 5.76 Å². The monoisotopic (exact) mass is 652 g/mol. The SMILES string of the molecule is COc1cc(OCc2cccc(NC(=O)c3ccc(I)cc3)c2)c2cc(-c3cn4nc(OC)sc4n3)oc2c1. The Morgan fingerprint density at radius 1 is 1.08 bits per heavy atom. The minimum Gasteiger partial charge on any atom is -0.496 e. The second kappa shape index (κ2) is 10.6. The maximum absolute atomic E-state index is 12.6. The van der Waals surface area contributed by atoms with E-state index in [0.29, 0.717) is 49.9 Å². The number of halogens is 1. The summed E-state index contributed by atoms with van der Waals surface area (Å²) in [5.41, 5.74) is 3.43. The molecule has 196 valence electrons. The van der Waals surface area contributed by atoms with E-state index in [4.69, 9.17) is 18.6 Å². The third-order valence-corrected chi connectivity index (χ3v) is 7.55. The first kappa shape index (κ1) is 25.2. The molecule has 39 heavy (non-hydrogen) atoms. The van der Waals surface area contributed by atoms with E-state index in [1.165, 1.54) is 11.3 Å². The van der Waals surface area contributed by atoms with Crippen molar-refractivity contribution in [3.63, 3.8) is 0 Å². The Labute approximate surface area is 240 Å². The molecular weight excluding hydrogens is 631 g/mol. The van der Waals surface area contributed by atoms with E-state index >= 15 is 0 Å². The number of anilines is 1. The number of rotatable bonds is 8. The van der Waals surface area contributed by atoms with E-state index in [2.05, 4.69) is 38.0 Å². The van der Waals surface area contributed by atoms with Crippen molar-refractivity contribution in [2.75, 3.05) is 19.5 Å². The second-order valence-electron chi connectivity index (χ2n) is 8.52. The molecule has 0 spiro atoms. The minimum atomic E-state index is -0.169. The highest BCUT2D eigenvalue weighted by Crippen LogP contribution is 2.37. The van der Waals surface area contributed by atoms with Crippen molar-refractivity contribution in [3.8, 4) is 28.1 Å². The molecule has 3 aromatic carbocycles. The fourth-order valence-corrected chi connectivity index (χ4v) is 5.09. The quantitative estimate of drug-likeness (QED) is 0.184. The number of hydrogen-bond acceptors (Lipinski definition) is 8. The maximum Gasteiger partial charge on any atom is 0.294 e. The summed E-state index contributed by atoms with van der Waals surface area (Å²) in [6.45, 7) is 0.278. The molecule has 0 saturated heterocycles. The molecule has 0 unspecified atom stereocenters. The van der Waals surface area contributed by atoms with Crippen LogP contribution in [0.25, 0.3) is 27.4 Å². The van der Waals surface area contributed by atoms with Gasteiger partial charge in [0.2, 0.25) is 4.96 Å². The number of benzene rings is 3. The fourth-order valence-electron chi connectivity index (χ4n) is 4.03. The van der Waals surface area contributed by atoms with Crippen molar-refractivity contribution in [1.82, 2.24) is 14.6 Å². The number of imidazole rings is 1. The number of carbonyl (C=O) groups excluding carboxylic acids is 1. The van der Waals surface area contributed by atoms with E-state index in [9.17, 15) is 4.79 Å². The standard InChI is InChI=1S/C28H21IN4O5S/c1-35-20-11-23(21-13-25(38-24(21)12-20)22-14-33-27(31-22)39-28(32-33)36-2)37-15-16-4-3-5-19(10-16)30-26(34)17-6-8-18(29)9-7-17/h3-14H,15H2,1-2H3,(H,30,34). The number of methoxy groups -OCH3 is 2. The summed E-state index contributed by atoms with van der Waals surface area (Å²) in [6.07, 6.45) is 1.79. The lowest BCUT2D eigenvalue weighted by Crippen LogP contribution is -2.12. The van der Waals surface area contributed by atoms with Crippen LogP contribution in [0.2, 0.25) is 0 Å². The van der Waals surface area contributed by atoms with Crippen molar-refractivity contribution < 1.29 is 23.4 Å². The molecule has 0 fully saturated rings. The van der Waals surface area contributed by atoms with Gasteiger partial charge in [0.1, 0.15) is 29.4 Å². The molecule has 6 rings (SSSR count). The highest BCUT2D eigenvalue weighted by molar-refractivity contribution is 14.1. The average Bonchev–Trinajstić information content (AvgIpc) is 3.65. The number of amides is 1. The molecule has 0 saturated carbocycles. The van der Waals surface area contributed by atoms with Gasteiger partial charge in [-0.3, -0.25) is 4.79 Å². The van der Waals surface area contributed by atoms with Crippen molar-refractivity contribution in [1.29, 1.82) is 0 Å². The largest absolute Gasteiger partial charge is 0.496 e. The average molecular weight is 652 g/mol. The maximum atomic E-state index is 12.6. The first-order chi connectivity index (χ1) is 19.0. The van der Waals surface area contributed by atoms with Gasteiger partial charge in [-0.2, -0.15) is 0 Å². The Morgan fingerprint density at radius 2 is 1.92 bits per heavy atom. The number of fused-ring (bicyclic) bond motifs is 2. The molecule has 0 aliphatic rings. The van der Waals surface area contributed by atoms with Crippen LogP contribution in [0.1, 0.15) is 15.9 Å². The Kier molecular flexibility index (Phi) is 6.83. The normalized spacial score (nSPS) is 11.2. The number of nitrogens with zero attached hydrogens (tertiary/aromatic N) is 3. The van der Waals surface area contributed by atoms with Crippen molar-refractivity contribution in [3.05, 3.63) is 87.6 Å². The van der Waals surface area contributed by atoms with E-state index < -0.39 is 0 Å². The van der Waals surface area contributed by atoms with Gasteiger partial charge in [-0.1, -0.05) is 12.1 Å². The zero-order valence-corrected chi connectivity index (χ0v) is 23.8. The predicted molar refractivity (Wildman–Crippen MR) is 157 cm³/mol. The lowest BCUT2D eigenvalue weighted by molar-refractivity contribution is 0.102. The van der Waals surface area contributed by atoms with Crippen LogP contribution in [0.15, 0.2) is 77.3 Å². The van der Waals surface area contributed by atoms with Gasteiger partial charge in [0, 0.05) is 27.0 Å². The van der Waals surface area contributed by atoms with Gasteiger partial charge in [0.25, 0.3) is 11.1 Å². The fraction of sp³-hybridized carbons (Fsp3) is 0.107. The molecule has 11 heteroatoms. The lowest BCUT2D eigenvalue weighted by atomic mass is 10.1. The van der Waals surface area contributed by atoms with Gasteiger partial charge >= 0.3 is 0 Å². The Bertz CT molecular complexity index is 1780. The number of aromatic nitrogens is 3. The first-order valence-electron chi connectivity index (χ1n) is 11.8. The number of hydrogen-bond donors (Lipinski definition) is 1. The van der Waals surface area contributed by atoms with Gasteiger partial charge in [0.05, 0.1) is 25.8 Å². The van der Waals surface area contributed by atoms with Crippen LogP contribution in [0, 0.1) is 3.57 Å². The van der Waals surface area contributed by atoms with Gasteiger partial charge < -0.3 is 23.9 Å². The molecule has 0 atom stereocenters. The Balaban J connectivity index is 1.23. The second-order valence-corrected chi connectivity index (χ2v) is 10.7. The van der Waals surface area contributed by atoms with Crippen LogP contribution < -0.4 is 19.5 Å². The summed E-state index contributed by atoms with van der Waals surface area (Å²) >= 11 is 3.55. The minimum absolute atomic E-state index is 0.169. The third-order valence-electron chi connectivity index (χ3n) is 5.95. The van der Waals surface area contributed by atoms with Crippen LogP contribution in [-0.2, 0) is 6.61 Å². The number of ether oxygens (including phenoxy) is 3. The van der Waals surface area contributed by atoms with Crippen molar-refractivity contribution >= 4 is 61.5 Å². The Morgan fingerprint density at radius 3 is 2.69 bits per heavy atom. The smallest absolute Gasteiger partial charge is 0.294 e. The summed E-state index contributed by atoms with van der Waals surface area (Å²) in [5, 5.41) is 8.59. The molecule has 3 heterocycles. The molecule has 1 amide bonds. The first-order valence-corrected chi connectivity index (χ1v) is 13.7. The molecular formula is C28H21IN4O5S. The lowest BCUT2D eigenvalue weighted by Gasteiger charge is -2.11. The molecule has 0 aliphatic heterocycles. The van der Waals surface area contributed by atoms with Crippen molar-refractivity contribution in [2.24, 2.45) is 0 Å². The van der Waals surface area contributed by atoms with Crippen LogP contribution in [0.3, 0.4) is 0 Å². The molecule has 0 radical (unpaired) electrons. The van der Waals surface area contributed by atoms with Crippen LogP contribution in [-0.4, -0.2) is 34.7 Å². The third kappa shape index (κ3) is 5.27. The van der Waals surface area contributed by atoms with Gasteiger partial charge in [-0.05, 0) is 82.0 Å². The summed E-state index contributed by atoms with van der Waals surface area (Å²) < 4.78 is 25.7. The number of furan rings is 1. The summed E-state index contributed by atoms with van der Waals surface area (Å²) in [6, 6.07) is 20.5. The summed E-state index contributed by atoms with van der Waals surface area (Å²) in [5.74, 6) is 1.63. The van der Waals surface area contributed by atoms with E-state index in [0.717, 1.165) is 14.5 Å². The van der Waals surface area contributed by atoms with Gasteiger partial charge in [-0.15, -0.1) is 5.10 Å². The molecule has 6 aromatic rings. The van der Waals surface area contributed by atoms with E-state index in [1.807, 2.05) is 54.6 Å². The molecule has 0 bridgehead atoms. The highest BCUT2D eigenvalue weighted by Gasteiger charge is 2.17.